The van der Waals surface area contributed by atoms with Crippen LogP contribution in [0.5, 0.6) is 0 Å². The van der Waals surface area contributed by atoms with Crippen LogP contribution in [0.4, 0.5) is 8.78 Å². The lowest BCUT2D eigenvalue weighted by Crippen LogP contribution is -2.10. The first-order chi connectivity index (χ1) is 9.66. The van der Waals surface area contributed by atoms with Crippen molar-refractivity contribution in [1.29, 1.82) is 0 Å². The van der Waals surface area contributed by atoms with Crippen LogP contribution in [0.2, 0.25) is 0 Å². The van der Waals surface area contributed by atoms with Crippen LogP contribution in [-0.2, 0) is 6.42 Å². The fourth-order valence-electron chi connectivity index (χ4n) is 2.77. The standard InChI is InChI=1S/C17H15BrF2/c18-15(10-14-16(19)7-4-8-17(14)20)13-9-12(13)11-5-2-1-3-6-11/h1-8,12-13,15H,9-10H2. The zero-order valence-electron chi connectivity index (χ0n) is 10.9. The van der Waals surface area contributed by atoms with Crippen molar-refractivity contribution in [2.45, 2.75) is 23.6 Å². The molecule has 3 rings (SSSR count). The molecule has 0 bridgehead atoms. The zero-order chi connectivity index (χ0) is 14.1. The lowest BCUT2D eigenvalue weighted by Gasteiger charge is -2.11. The van der Waals surface area contributed by atoms with Crippen LogP contribution >= 0.6 is 15.9 Å². The monoisotopic (exact) mass is 336 g/mol. The summed E-state index contributed by atoms with van der Waals surface area (Å²) in [5.41, 5.74) is 1.50. The summed E-state index contributed by atoms with van der Waals surface area (Å²) in [6.07, 6.45) is 1.47. The molecule has 0 aliphatic heterocycles. The molecule has 1 aliphatic rings. The van der Waals surface area contributed by atoms with Gasteiger partial charge in [-0.1, -0.05) is 52.3 Å². The summed E-state index contributed by atoms with van der Waals surface area (Å²) < 4.78 is 27.3. The van der Waals surface area contributed by atoms with Crippen LogP contribution in [0.25, 0.3) is 0 Å². The van der Waals surface area contributed by atoms with Gasteiger partial charge in [0.15, 0.2) is 0 Å². The van der Waals surface area contributed by atoms with Crippen LogP contribution < -0.4 is 0 Å². The highest BCUT2D eigenvalue weighted by Crippen LogP contribution is 2.52. The summed E-state index contributed by atoms with van der Waals surface area (Å²) >= 11 is 3.61. The number of rotatable bonds is 4. The van der Waals surface area contributed by atoms with Gasteiger partial charge in [-0.25, -0.2) is 8.78 Å². The molecule has 0 amide bonds. The molecule has 1 fully saturated rings. The van der Waals surface area contributed by atoms with Crippen LogP contribution in [0.3, 0.4) is 0 Å². The Morgan fingerprint density at radius 1 is 1.00 bits per heavy atom. The second-order valence-corrected chi connectivity index (χ2v) is 6.51. The van der Waals surface area contributed by atoms with Gasteiger partial charge in [-0.3, -0.25) is 0 Å². The number of benzene rings is 2. The highest BCUT2D eigenvalue weighted by Gasteiger charge is 2.43. The maximum Gasteiger partial charge on any atom is 0.129 e. The fraction of sp³-hybridized carbons (Fsp3) is 0.294. The van der Waals surface area contributed by atoms with E-state index in [0.29, 0.717) is 18.3 Å². The molecular weight excluding hydrogens is 322 g/mol. The minimum atomic E-state index is -0.452. The molecule has 2 aromatic rings. The number of hydrogen-bond acceptors (Lipinski definition) is 0. The van der Waals surface area contributed by atoms with Crippen molar-refractivity contribution in [2.24, 2.45) is 5.92 Å². The third-order valence-electron chi connectivity index (χ3n) is 3.99. The molecule has 3 unspecified atom stereocenters. The predicted molar refractivity (Wildman–Crippen MR) is 80.1 cm³/mol. The summed E-state index contributed by atoms with van der Waals surface area (Å²) in [6.45, 7) is 0. The van der Waals surface area contributed by atoms with E-state index in [-0.39, 0.29) is 10.4 Å². The van der Waals surface area contributed by atoms with Crippen molar-refractivity contribution >= 4 is 15.9 Å². The SMILES string of the molecule is Fc1cccc(F)c1CC(Br)C1CC1c1ccccc1. The Hall–Kier alpha value is -1.22. The largest absolute Gasteiger partial charge is 0.207 e. The minimum Gasteiger partial charge on any atom is -0.207 e. The summed E-state index contributed by atoms with van der Waals surface area (Å²) in [7, 11) is 0. The Morgan fingerprint density at radius 3 is 2.30 bits per heavy atom. The fourth-order valence-corrected chi connectivity index (χ4v) is 3.68. The van der Waals surface area contributed by atoms with Gasteiger partial charge in [0, 0.05) is 10.4 Å². The van der Waals surface area contributed by atoms with E-state index in [1.165, 1.54) is 23.8 Å². The Bertz CT molecular complexity index is 577. The van der Waals surface area contributed by atoms with Crippen LogP contribution in [0.15, 0.2) is 48.5 Å². The third-order valence-corrected chi connectivity index (χ3v) is 5.00. The lowest BCUT2D eigenvalue weighted by molar-refractivity contribution is 0.547. The smallest absolute Gasteiger partial charge is 0.129 e. The normalized spacial score (nSPS) is 22.6. The molecule has 104 valence electrons. The molecule has 0 spiro atoms. The summed E-state index contributed by atoms with van der Waals surface area (Å²) in [4.78, 5) is 0.110. The van der Waals surface area contributed by atoms with E-state index in [1.54, 1.807) is 0 Å². The van der Waals surface area contributed by atoms with Crippen molar-refractivity contribution in [2.75, 3.05) is 0 Å². The first-order valence-electron chi connectivity index (χ1n) is 6.78. The number of alkyl halides is 1. The third kappa shape index (κ3) is 2.78. The van der Waals surface area contributed by atoms with Crippen molar-refractivity contribution in [3.63, 3.8) is 0 Å². The van der Waals surface area contributed by atoms with Crippen LogP contribution in [0, 0.1) is 17.6 Å². The van der Waals surface area contributed by atoms with E-state index >= 15 is 0 Å². The Balaban J connectivity index is 1.68. The first-order valence-corrected chi connectivity index (χ1v) is 7.70. The second-order valence-electron chi connectivity index (χ2n) is 5.34. The van der Waals surface area contributed by atoms with Crippen molar-refractivity contribution < 1.29 is 8.78 Å². The molecular formula is C17H15BrF2. The van der Waals surface area contributed by atoms with Crippen molar-refractivity contribution in [3.8, 4) is 0 Å². The van der Waals surface area contributed by atoms with Gasteiger partial charge in [-0.05, 0) is 42.4 Å². The molecule has 0 aromatic heterocycles. The van der Waals surface area contributed by atoms with Gasteiger partial charge >= 0.3 is 0 Å². The summed E-state index contributed by atoms with van der Waals surface area (Å²) in [5.74, 6) is 0.0598. The van der Waals surface area contributed by atoms with Gasteiger partial charge in [-0.15, -0.1) is 0 Å². The van der Waals surface area contributed by atoms with Gasteiger partial charge in [0.1, 0.15) is 11.6 Å². The molecule has 3 atom stereocenters. The molecule has 2 aromatic carbocycles. The minimum absolute atomic E-state index is 0.110. The predicted octanol–water partition coefficient (Wildman–Crippen LogP) is 5.07. The molecule has 0 N–H and O–H groups in total. The molecule has 1 saturated carbocycles. The van der Waals surface area contributed by atoms with Gasteiger partial charge in [0.25, 0.3) is 0 Å². The van der Waals surface area contributed by atoms with E-state index in [4.69, 9.17) is 0 Å². The van der Waals surface area contributed by atoms with E-state index < -0.39 is 11.6 Å². The highest BCUT2D eigenvalue weighted by atomic mass is 79.9. The average Bonchev–Trinajstić information content (AvgIpc) is 3.24. The van der Waals surface area contributed by atoms with Crippen LogP contribution in [-0.4, -0.2) is 4.83 Å². The van der Waals surface area contributed by atoms with Gasteiger partial charge in [-0.2, -0.15) is 0 Å². The van der Waals surface area contributed by atoms with Crippen molar-refractivity contribution in [1.82, 2.24) is 0 Å². The summed E-state index contributed by atoms with van der Waals surface area (Å²) in [5, 5.41) is 0. The average molecular weight is 337 g/mol. The second kappa shape index (κ2) is 5.65. The molecule has 0 nitrogen and oxygen atoms in total. The maximum atomic E-state index is 13.7. The van der Waals surface area contributed by atoms with Gasteiger partial charge < -0.3 is 0 Å². The molecule has 0 heterocycles. The zero-order valence-corrected chi connectivity index (χ0v) is 12.5. The molecule has 20 heavy (non-hydrogen) atoms. The van der Waals surface area contributed by atoms with E-state index in [1.807, 2.05) is 18.2 Å². The van der Waals surface area contributed by atoms with Gasteiger partial charge in [0.2, 0.25) is 0 Å². The molecule has 3 heteroatoms. The Morgan fingerprint density at radius 2 is 1.65 bits per heavy atom. The number of halogens is 3. The molecule has 0 radical (unpaired) electrons. The van der Waals surface area contributed by atoms with E-state index in [0.717, 1.165) is 6.42 Å². The number of hydrogen-bond donors (Lipinski definition) is 0. The van der Waals surface area contributed by atoms with Crippen LogP contribution in [0.1, 0.15) is 23.5 Å². The molecule has 0 saturated heterocycles. The van der Waals surface area contributed by atoms with E-state index in [2.05, 4.69) is 28.1 Å². The first kappa shape index (κ1) is 13.7. The maximum absolute atomic E-state index is 13.7. The lowest BCUT2D eigenvalue weighted by atomic mass is 10.0. The quantitative estimate of drug-likeness (QED) is 0.683. The molecule has 1 aliphatic carbocycles. The van der Waals surface area contributed by atoms with Gasteiger partial charge in [0.05, 0.1) is 0 Å². The Kier molecular flexibility index (Phi) is 3.88. The summed E-state index contributed by atoms with van der Waals surface area (Å²) in [6, 6.07) is 14.3. The highest BCUT2D eigenvalue weighted by molar-refractivity contribution is 9.09. The Labute approximate surface area is 126 Å². The van der Waals surface area contributed by atoms with E-state index in [9.17, 15) is 8.78 Å². The van der Waals surface area contributed by atoms with Crippen molar-refractivity contribution in [3.05, 3.63) is 71.3 Å². The topological polar surface area (TPSA) is 0 Å².